The van der Waals surface area contributed by atoms with E-state index in [0.717, 1.165) is 4.90 Å². The number of nitriles is 1. The van der Waals surface area contributed by atoms with Crippen molar-refractivity contribution in [2.75, 3.05) is 10.6 Å². The molecule has 2 N–H and O–H groups in total. The molecule has 5 nitrogen and oxygen atoms in total. The summed E-state index contributed by atoms with van der Waals surface area (Å²) in [4.78, 5) is 26.8. The zero-order valence-electron chi connectivity index (χ0n) is 12.1. The first-order valence-corrected chi connectivity index (χ1v) is 7.85. The number of hydrogen-bond donors (Lipinski definition) is 1. The lowest BCUT2D eigenvalue weighted by Crippen LogP contribution is -2.31. The van der Waals surface area contributed by atoms with Gasteiger partial charge in [0.2, 0.25) is 11.8 Å². The molecule has 6 heteroatoms. The van der Waals surface area contributed by atoms with Crippen molar-refractivity contribution in [1.29, 1.82) is 5.26 Å². The zero-order valence-corrected chi connectivity index (χ0v) is 12.9. The Kier molecular flexibility index (Phi) is 4.04. The minimum Gasteiger partial charge on any atom is -0.399 e. The maximum atomic E-state index is 12.5. The smallest absolute Gasteiger partial charge is 0.247 e. The lowest BCUT2D eigenvalue weighted by atomic mass is 10.2. The topological polar surface area (TPSA) is 87.2 Å². The highest BCUT2D eigenvalue weighted by atomic mass is 32.2. The van der Waals surface area contributed by atoms with E-state index < -0.39 is 5.25 Å². The number of imide groups is 1. The highest BCUT2D eigenvalue weighted by Crippen LogP contribution is 2.34. The first-order chi connectivity index (χ1) is 11.1. The number of carbonyl (C=O) groups is 2. The molecule has 114 valence electrons. The summed E-state index contributed by atoms with van der Waals surface area (Å²) in [5.41, 5.74) is 7.34. The van der Waals surface area contributed by atoms with Crippen LogP contribution in [0.5, 0.6) is 0 Å². The number of nitrogens with two attached hydrogens (primary N) is 1. The van der Waals surface area contributed by atoms with Gasteiger partial charge in [0.05, 0.1) is 22.6 Å². The van der Waals surface area contributed by atoms with Crippen LogP contribution in [0, 0.1) is 11.3 Å². The number of nitrogen functional groups attached to an aromatic ring is 1. The van der Waals surface area contributed by atoms with Gasteiger partial charge in [0.25, 0.3) is 0 Å². The van der Waals surface area contributed by atoms with E-state index in [9.17, 15) is 9.59 Å². The van der Waals surface area contributed by atoms with Crippen LogP contribution < -0.4 is 10.6 Å². The summed E-state index contributed by atoms with van der Waals surface area (Å²) in [6.07, 6.45) is 0.151. The summed E-state index contributed by atoms with van der Waals surface area (Å²) in [5.74, 6) is -0.478. The fourth-order valence-corrected chi connectivity index (χ4v) is 3.53. The molecule has 0 saturated carbocycles. The van der Waals surface area contributed by atoms with Gasteiger partial charge in [-0.25, -0.2) is 4.90 Å². The highest BCUT2D eigenvalue weighted by molar-refractivity contribution is 8.00. The van der Waals surface area contributed by atoms with Crippen LogP contribution in [0.25, 0.3) is 0 Å². The van der Waals surface area contributed by atoms with Crippen LogP contribution in [0.4, 0.5) is 11.4 Å². The molecule has 1 heterocycles. The second-order valence-electron chi connectivity index (χ2n) is 5.11. The number of nitrogens with zero attached hydrogens (tertiary/aromatic N) is 2. The third kappa shape index (κ3) is 3.05. The zero-order chi connectivity index (χ0) is 16.4. The van der Waals surface area contributed by atoms with Gasteiger partial charge in [0.1, 0.15) is 0 Å². The van der Waals surface area contributed by atoms with Crippen molar-refractivity contribution in [2.45, 2.75) is 16.6 Å². The number of anilines is 2. The van der Waals surface area contributed by atoms with E-state index in [2.05, 4.69) is 0 Å². The van der Waals surface area contributed by atoms with Gasteiger partial charge in [-0.05, 0) is 42.5 Å². The van der Waals surface area contributed by atoms with Crippen LogP contribution in [0.1, 0.15) is 12.0 Å². The van der Waals surface area contributed by atoms with E-state index in [4.69, 9.17) is 11.0 Å². The summed E-state index contributed by atoms with van der Waals surface area (Å²) >= 11 is 1.34. The molecular weight excluding hydrogens is 310 g/mol. The van der Waals surface area contributed by atoms with Crippen molar-refractivity contribution in [3.8, 4) is 6.07 Å². The second-order valence-corrected chi connectivity index (χ2v) is 6.39. The van der Waals surface area contributed by atoms with Crippen LogP contribution in [0.3, 0.4) is 0 Å². The van der Waals surface area contributed by atoms with Gasteiger partial charge in [0, 0.05) is 17.0 Å². The van der Waals surface area contributed by atoms with Crippen molar-refractivity contribution in [1.82, 2.24) is 0 Å². The number of benzene rings is 2. The van der Waals surface area contributed by atoms with Gasteiger partial charge in [0.15, 0.2) is 0 Å². The van der Waals surface area contributed by atoms with Crippen molar-refractivity contribution < 1.29 is 9.59 Å². The summed E-state index contributed by atoms with van der Waals surface area (Å²) in [6.45, 7) is 0. The van der Waals surface area contributed by atoms with E-state index in [0.29, 0.717) is 16.9 Å². The van der Waals surface area contributed by atoms with Crippen LogP contribution in [-0.4, -0.2) is 17.1 Å². The van der Waals surface area contributed by atoms with Gasteiger partial charge in [-0.3, -0.25) is 9.59 Å². The van der Waals surface area contributed by atoms with Crippen LogP contribution in [0.15, 0.2) is 53.4 Å². The molecular formula is C17H13N3O2S. The number of thioether (sulfide) groups is 1. The predicted molar refractivity (Wildman–Crippen MR) is 88.8 cm³/mol. The lowest BCUT2D eigenvalue weighted by molar-refractivity contribution is -0.121. The van der Waals surface area contributed by atoms with Gasteiger partial charge >= 0.3 is 0 Å². The molecule has 1 fully saturated rings. The highest BCUT2D eigenvalue weighted by Gasteiger charge is 2.40. The molecule has 0 aliphatic carbocycles. The van der Waals surface area contributed by atoms with E-state index >= 15 is 0 Å². The number of hydrogen-bond acceptors (Lipinski definition) is 5. The average molecular weight is 323 g/mol. The number of rotatable bonds is 3. The van der Waals surface area contributed by atoms with E-state index in [-0.39, 0.29) is 18.2 Å². The van der Waals surface area contributed by atoms with Gasteiger partial charge in [-0.15, -0.1) is 11.8 Å². The molecule has 0 unspecified atom stereocenters. The Hall–Kier alpha value is -2.78. The fourth-order valence-electron chi connectivity index (χ4n) is 2.40. The SMILES string of the molecule is N#Cc1ccc(N2C(=O)C[C@H](Sc3cccc(N)c3)C2=O)cc1. The summed E-state index contributed by atoms with van der Waals surface area (Å²) < 4.78 is 0. The molecule has 1 aliphatic rings. The molecule has 0 bridgehead atoms. The predicted octanol–water partition coefficient (Wildman–Crippen LogP) is 2.56. The molecule has 0 radical (unpaired) electrons. The van der Waals surface area contributed by atoms with E-state index in [1.807, 2.05) is 18.2 Å². The molecule has 3 rings (SSSR count). The van der Waals surface area contributed by atoms with Gasteiger partial charge in [-0.2, -0.15) is 5.26 Å². The molecule has 2 aromatic rings. The Bertz CT molecular complexity index is 811. The first-order valence-electron chi connectivity index (χ1n) is 6.97. The van der Waals surface area contributed by atoms with Gasteiger partial charge < -0.3 is 5.73 Å². The Morgan fingerprint density at radius 1 is 1.17 bits per heavy atom. The normalized spacial score (nSPS) is 17.3. The maximum absolute atomic E-state index is 12.5. The molecule has 2 aromatic carbocycles. The third-order valence-electron chi connectivity index (χ3n) is 3.50. The summed E-state index contributed by atoms with van der Waals surface area (Å²) in [5, 5.41) is 8.36. The van der Waals surface area contributed by atoms with E-state index in [1.165, 1.54) is 16.7 Å². The largest absolute Gasteiger partial charge is 0.399 e. The van der Waals surface area contributed by atoms with Gasteiger partial charge in [-0.1, -0.05) is 6.07 Å². The lowest BCUT2D eigenvalue weighted by Gasteiger charge is -2.15. The Morgan fingerprint density at radius 3 is 2.57 bits per heavy atom. The molecule has 1 atom stereocenters. The van der Waals surface area contributed by atoms with Crippen LogP contribution >= 0.6 is 11.8 Å². The van der Waals surface area contributed by atoms with Crippen LogP contribution in [0.2, 0.25) is 0 Å². The summed E-state index contributed by atoms with van der Waals surface area (Å²) in [6, 6.07) is 15.7. The fraction of sp³-hybridized carbons (Fsp3) is 0.118. The number of amides is 2. The molecule has 1 aliphatic heterocycles. The minimum absolute atomic E-state index is 0.151. The minimum atomic E-state index is -0.458. The Labute approximate surface area is 137 Å². The monoisotopic (exact) mass is 323 g/mol. The van der Waals surface area contributed by atoms with Crippen LogP contribution in [-0.2, 0) is 9.59 Å². The van der Waals surface area contributed by atoms with Crippen molar-refractivity contribution >= 4 is 35.0 Å². The molecule has 0 spiro atoms. The molecule has 2 amide bonds. The third-order valence-corrected chi connectivity index (χ3v) is 4.68. The molecule has 23 heavy (non-hydrogen) atoms. The molecule has 0 aromatic heterocycles. The van der Waals surface area contributed by atoms with Crippen molar-refractivity contribution in [3.05, 3.63) is 54.1 Å². The molecule has 1 saturated heterocycles. The van der Waals surface area contributed by atoms with Crippen molar-refractivity contribution in [3.63, 3.8) is 0 Å². The standard InChI is InChI=1S/C17H13N3O2S/c18-10-11-4-6-13(7-5-11)20-16(21)9-15(17(20)22)23-14-3-1-2-12(19)8-14/h1-8,15H,9,19H2/t15-/m0/s1. The average Bonchev–Trinajstić information content (AvgIpc) is 2.81. The summed E-state index contributed by atoms with van der Waals surface area (Å²) in [7, 11) is 0. The maximum Gasteiger partial charge on any atom is 0.247 e. The Balaban J connectivity index is 1.80. The second kappa shape index (κ2) is 6.15. The van der Waals surface area contributed by atoms with E-state index in [1.54, 1.807) is 36.4 Å². The number of carbonyl (C=O) groups excluding carboxylic acids is 2. The quantitative estimate of drug-likeness (QED) is 0.693. The first kappa shape index (κ1) is 15.1. The van der Waals surface area contributed by atoms with Crippen molar-refractivity contribution in [2.24, 2.45) is 0 Å². The Morgan fingerprint density at radius 2 is 1.91 bits per heavy atom.